The number of fused-ring (bicyclic) bond motifs is 3. The molecule has 5 rings (SSSR count). The third kappa shape index (κ3) is 5.19. The van der Waals surface area contributed by atoms with Gasteiger partial charge >= 0.3 is 0 Å². The van der Waals surface area contributed by atoms with Crippen LogP contribution in [0.25, 0.3) is 15.9 Å². The monoisotopic (exact) mass is 522 g/mol. The summed E-state index contributed by atoms with van der Waals surface area (Å²) < 4.78 is 1.64. The van der Waals surface area contributed by atoms with Crippen LogP contribution >= 0.6 is 34.7 Å². The minimum absolute atomic E-state index is 0.0677. The van der Waals surface area contributed by atoms with Crippen molar-refractivity contribution in [3.8, 4) is 5.69 Å². The molecule has 2 aromatic carbocycles. The smallest absolute Gasteiger partial charge is 0.267 e. The molecule has 1 N–H and O–H groups in total. The number of benzene rings is 2. The Kier molecular flexibility index (Phi) is 7.04. The summed E-state index contributed by atoms with van der Waals surface area (Å²) in [5.74, 6) is -0.206. The maximum absolute atomic E-state index is 13.7. The van der Waals surface area contributed by atoms with Crippen LogP contribution in [0, 0.1) is 6.92 Å². The molecule has 0 spiro atoms. The lowest BCUT2D eigenvalue weighted by atomic mass is 9.97. The van der Waals surface area contributed by atoms with Crippen molar-refractivity contribution in [2.45, 2.75) is 37.8 Å². The van der Waals surface area contributed by atoms with Gasteiger partial charge in [-0.1, -0.05) is 53.2 Å². The van der Waals surface area contributed by atoms with E-state index >= 15 is 0 Å². The first-order valence-corrected chi connectivity index (χ1v) is 13.5. The van der Waals surface area contributed by atoms with Gasteiger partial charge in [-0.15, -0.1) is 11.3 Å². The van der Waals surface area contributed by atoms with E-state index in [9.17, 15) is 9.59 Å². The predicted molar refractivity (Wildman–Crippen MR) is 145 cm³/mol. The number of halogens is 1. The Balaban J connectivity index is 1.42. The van der Waals surface area contributed by atoms with Crippen molar-refractivity contribution in [1.82, 2.24) is 15.0 Å². The van der Waals surface area contributed by atoms with E-state index in [0.717, 1.165) is 58.3 Å². The van der Waals surface area contributed by atoms with E-state index in [1.165, 1.54) is 16.6 Å². The number of nitrogens with one attached hydrogen (secondary N) is 1. The largest absolute Gasteiger partial charge is 0.272 e. The Morgan fingerprint density at radius 3 is 2.69 bits per heavy atom. The number of nitrogens with zero attached hydrogens (tertiary/aromatic N) is 3. The molecule has 0 bridgehead atoms. The van der Waals surface area contributed by atoms with Crippen LogP contribution < -0.4 is 11.0 Å². The molecule has 0 radical (unpaired) electrons. The van der Waals surface area contributed by atoms with E-state index < -0.39 is 0 Å². The summed E-state index contributed by atoms with van der Waals surface area (Å²) in [6, 6.07) is 14.9. The van der Waals surface area contributed by atoms with Crippen molar-refractivity contribution in [3.63, 3.8) is 0 Å². The van der Waals surface area contributed by atoms with Crippen LogP contribution in [-0.2, 0) is 17.6 Å². The summed E-state index contributed by atoms with van der Waals surface area (Å²) in [4.78, 5) is 33.1. The predicted octanol–water partition coefficient (Wildman–Crippen LogP) is 5.53. The van der Waals surface area contributed by atoms with Crippen LogP contribution in [0.1, 0.15) is 34.4 Å². The molecule has 9 heteroatoms. The molecule has 0 saturated carbocycles. The normalized spacial score (nSPS) is 13.3. The number of aromatic nitrogens is 2. The van der Waals surface area contributed by atoms with Gasteiger partial charge < -0.3 is 0 Å². The Morgan fingerprint density at radius 1 is 1.17 bits per heavy atom. The van der Waals surface area contributed by atoms with Crippen LogP contribution in [0.3, 0.4) is 0 Å². The number of thioether (sulfide) groups is 1. The number of rotatable bonds is 6. The molecule has 0 atom stereocenters. The fourth-order valence-electron chi connectivity index (χ4n) is 4.09. The molecular formula is C26H23ClN4O2S2. The van der Waals surface area contributed by atoms with Gasteiger partial charge in [-0.25, -0.2) is 10.4 Å². The third-order valence-corrected chi connectivity index (χ3v) is 8.23. The van der Waals surface area contributed by atoms with Crippen LogP contribution in [0.5, 0.6) is 0 Å². The molecule has 1 amide bonds. The minimum atomic E-state index is -0.282. The van der Waals surface area contributed by atoms with Crippen molar-refractivity contribution < 1.29 is 4.79 Å². The average molecular weight is 523 g/mol. The number of carbonyl (C=O) groups excluding carboxylic acids is 1. The molecule has 1 aliphatic rings. The lowest BCUT2D eigenvalue weighted by molar-refractivity contribution is -0.118. The first-order valence-electron chi connectivity index (χ1n) is 11.3. The zero-order valence-corrected chi connectivity index (χ0v) is 21.5. The second-order valence-electron chi connectivity index (χ2n) is 8.39. The van der Waals surface area contributed by atoms with Crippen LogP contribution in [-0.4, -0.2) is 27.4 Å². The van der Waals surface area contributed by atoms with Gasteiger partial charge in [0.05, 0.1) is 23.0 Å². The molecule has 2 aromatic heterocycles. The molecule has 0 aliphatic heterocycles. The quantitative estimate of drug-likeness (QED) is 0.156. The summed E-state index contributed by atoms with van der Waals surface area (Å²) in [6.07, 6.45) is 5.71. The van der Waals surface area contributed by atoms with Crippen molar-refractivity contribution in [3.05, 3.63) is 85.5 Å². The van der Waals surface area contributed by atoms with Crippen LogP contribution in [0.4, 0.5) is 0 Å². The zero-order valence-electron chi connectivity index (χ0n) is 19.1. The summed E-state index contributed by atoms with van der Waals surface area (Å²) in [7, 11) is 0. The highest BCUT2D eigenvalue weighted by Crippen LogP contribution is 2.35. The molecule has 6 nitrogen and oxygen atoms in total. The first-order chi connectivity index (χ1) is 17.0. The number of hydrogen-bond acceptors (Lipinski definition) is 6. The molecule has 178 valence electrons. The minimum Gasteiger partial charge on any atom is -0.272 e. The first kappa shape index (κ1) is 23.8. The Hall–Kier alpha value is -2.94. The fourth-order valence-corrected chi connectivity index (χ4v) is 6.33. The molecule has 0 saturated heterocycles. The second kappa shape index (κ2) is 10.4. The number of aryl methyl sites for hydroxylation is 3. The van der Waals surface area contributed by atoms with E-state index in [0.29, 0.717) is 10.2 Å². The third-order valence-electron chi connectivity index (χ3n) is 5.86. The second-order valence-corrected chi connectivity index (χ2v) is 10.9. The number of thiophene rings is 1. The summed E-state index contributed by atoms with van der Waals surface area (Å²) in [5.41, 5.74) is 6.30. The van der Waals surface area contributed by atoms with Crippen molar-refractivity contribution in [1.29, 1.82) is 0 Å². The van der Waals surface area contributed by atoms with E-state index in [1.807, 2.05) is 43.3 Å². The number of hydrazone groups is 1. The van der Waals surface area contributed by atoms with E-state index in [-0.39, 0.29) is 17.2 Å². The van der Waals surface area contributed by atoms with Crippen molar-refractivity contribution in [2.24, 2.45) is 5.10 Å². The molecule has 2 heterocycles. The van der Waals surface area contributed by atoms with E-state index in [2.05, 4.69) is 10.5 Å². The van der Waals surface area contributed by atoms with Gasteiger partial charge in [0.2, 0.25) is 0 Å². The van der Waals surface area contributed by atoms with E-state index in [1.54, 1.807) is 34.3 Å². The highest BCUT2D eigenvalue weighted by Gasteiger charge is 2.23. The molecule has 0 unspecified atom stereocenters. The number of hydrogen-bond donors (Lipinski definition) is 1. The van der Waals surface area contributed by atoms with Crippen molar-refractivity contribution in [2.75, 3.05) is 5.75 Å². The van der Waals surface area contributed by atoms with Gasteiger partial charge in [0.25, 0.3) is 11.5 Å². The van der Waals surface area contributed by atoms with Gasteiger partial charge in [0, 0.05) is 9.90 Å². The molecule has 35 heavy (non-hydrogen) atoms. The maximum atomic E-state index is 13.7. The van der Waals surface area contributed by atoms with Gasteiger partial charge in [-0.05, 0) is 68.0 Å². The molecule has 4 aromatic rings. The maximum Gasteiger partial charge on any atom is 0.267 e. The number of amides is 1. The van der Waals surface area contributed by atoms with Gasteiger partial charge in [0.15, 0.2) is 5.16 Å². The van der Waals surface area contributed by atoms with E-state index in [4.69, 9.17) is 16.6 Å². The van der Waals surface area contributed by atoms with Crippen molar-refractivity contribution >= 4 is 57.0 Å². The van der Waals surface area contributed by atoms with Gasteiger partial charge in [0.1, 0.15) is 4.83 Å². The highest BCUT2D eigenvalue weighted by molar-refractivity contribution is 7.99. The summed E-state index contributed by atoms with van der Waals surface area (Å²) in [5, 5.41) is 5.88. The molecule has 0 fully saturated rings. The highest BCUT2D eigenvalue weighted by atomic mass is 35.5. The number of carbonyl (C=O) groups is 1. The van der Waals surface area contributed by atoms with Crippen LogP contribution in [0.15, 0.2) is 63.6 Å². The average Bonchev–Trinajstić information content (AvgIpc) is 3.23. The standard InChI is InChI=1S/C26H23ClN4O2S2/c1-16-6-12-19(13-7-16)31-25(33)23-20-4-2-3-5-21(20)35-24(23)29-26(31)34-15-22(32)30-28-14-17-8-10-18(27)11-9-17/h6-14H,2-5,15H2,1H3,(H,30,32). The lowest BCUT2D eigenvalue weighted by Crippen LogP contribution is -2.24. The molecular weight excluding hydrogens is 500 g/mol. The Morgan fingerprint density at radius 2 is 1.91 bits per heavy atom. The zero-order chi connectivity index (χ0) is 24.4. The van der Waals surface area contributed by atoms with Gasteiger partial charge in [-0.3, -0.25) is 14.2 Å². The van der Waals surface area contributed by atoms with Crippen LogP contribution in [0.2, 0.25) is 5.02 Å². The summed E-state index contributed by atoms with van der Waals surface area (Å²) in [6.45, 7) is 2.01. The van der Waals surface area contributed by atoms with Gasteiger partial charge in [-0.2, -0.15) is 5.10 Å². The topological polar surface area (TPSA) is 76.3 Å². The Bertz CT molecular complexity index is 1470. The summed E-state index contributed by atoms with van der Waals surface area (Å²) >= 11 is 8.73. The SMILES string of the molecule is Cc1ccc(-n2c(SCC(=O)NN=Cc3ccc(Cl)cc3)nc3sc4c(c3c2=O)CCCC4)cc1. The molecule has 1 aliphatic carbocycles. The Labute approximate surface area is 216 Å². The lowest BCUT2D eigenvalue weighted by Gasteiger charge is -2.13. The fraction of sp³-hybridized carbons (Fsp3) is 0.231.